The molecule has 0 aliphatic rings. The van der Waals surface area contributed by atoms with E-state index in [0.29, 0.717) is 17.3 Å². The Balaban J connectivity index is 2.41. The van der Waals surface area contributed by atoms with Crippen molar-refractivity contribution in [2.75, 3.05) is 5.73 Å². The molecule has 90 valence electrons. The van der Waals surface area contributed by atoms with Crippen molar-refractivity contribution >= 4 is 17.3 Å². The second-order valence-corrected chi connectivity index (χ2v) is 3.99. The summed E-state index contributed by atoms with van der Waals surface area (Å²) in [6, 6.07) is 4.52. The summed E-state index contributed by atoms with van der Waals surface area (Å²) in [6.45, 7) is 1.75. The van der Waals surface area contributed by atoms with Crippen molar-refractivity contribution < 1.29 is 9.13 Å². The van der Waals surface area contributed by atoms with Crippen LogP contribution in [0, 0.1) is 12.7 Å². The summed E-state index contributed by atoms with van der Waals surface area (Å²) in [6.07, 6.45) is 0. The summed E-state index contributed by atoms with van der Waals surface area (Å²) in [7, 11) is 1.67. The third-order valence-corrected chi connectivity index (χ3v) is 2.63. The number of benzene rings is 1. The number of nitrogens with zero attached hydrogens (tertiary/aromatic N) is 2. The Hall–Kier alpha value is -1.75. The molecule has 0 saturated carbocycles. The lowest BCUT2D eigenvalue weighted by Crippen LogP contribution is -1.98. The molecule has 1 aromatic heterocycles. The largest absolute Gasteiger partial charge is 0.434 e. The Morgan fingerprint density at radius 3 is 2.76 bits per heavy atom. The highest BCUT2D eigenvalue weighted by molar-refractivity contribution is 6.30. The summed E-state index contributed by atoms with van der Waals surface area (Å²) in [5, 5.41) is 4.07. The normalized spacial score (nSPS) is 10.6. The van der Waals surface area contributed by atoms with Crippen LogP contribution in [0.3, 0.4) is 0 Å². The number of rotatable bonds is 2. The van der Waals surface area contributed by atoms with Crippen molar-refractivity contribution in [2.45, 2.75) is 6.92 Å². The highest BCUT2D eigenvalue weighted by atomic mass is 35.5. The van der Waals surface area contributed by atoms with E-state index in [-0.39, 0.29) is 10.8 Å². The van der Waals surface area contributed by atoms with Gasteiger partial charge < -0.3 is 10.5 Å². The molecular formula is C11H11ClFN3O. The highest BCUT2D eigenvalue weighted by Crippen LogP contribution is 2.32. The molecule has 0 atom stereocenters. The van der Waals surface area contributed by atoms with Gasteiger partial charge in [0, 0.05) is 7.05 Å². The van der Waals surface area contributed by atoms with E-state index in [1.165, 1.54) is 16.8 Å². The maximum Gasteiger partial charge on any atom is 0.241 e. The van der Waals surface area contributed by atoms with Crippen molar-refractivity contribution in [2.24, 2.45) is 7.05 Å². The minimum absolute atomic E-state index is 0.0000354. The van der Waals surface area contributed by atoms with Gasteiger partial charge in [0.2, 0.25) is 5.88 Å². The van der Waals surface area contributed by atoms with Gasteiger partial charge in [0.15, 0.2) is 11.6 Å². The van der Waals surface area contributed by atoms with Gasteiger partial charge in [0.1, 0.15) is 5.69 Å². The Morgan fingerprint density at radius 1 is 1.47 bits per heavy atom. The predicted molar refractivity (Wildman–Crippen MR) is 63.8 cm³/mol. The van der Waals surface area contributed by atoms with Gasteiger partial charge in [-0.15, -0.1) is 0 Å². The van der Waals surface area contributed by atoms with E-state index < -0.39 is 5.82 Å². The van der Waals surface area contributed by atoms with E-state index in [0.717, 1.165) is 0 Å². The second-order valence-electron chi connectivity index (χ2n) is 3.58. The quantitative estimate of drug-likeness (QED) is 0.898. The third-order valence-electron chi connectivity index (χ3n) is 2.34. The van der Waals surface area contributed by atoms with Gasteiger partial charge in [-0.2, -0.15) is 5.10 Å². The molecule has 0 radical (unpaired) electrons. The first-order chi connectivity index (χ1) is 8.00. The number of nitrogens with two attached hydrogens (primary N) is 1. The molecule has 0 bridgehead atoms. The van der Waals surface area contributed by atoms with Gasteiger partial charge in [-0.05, 0) is 19.1 Å². The molecule has 1 aromatic carbocycles. The number of hydrogen-bond donors (Lipinski definition) is 1. The standard InChI is InChI=1S/C11H11ClFN3O/c1-6-10(14)11(16(2)15-6)17-8-5-3-4-7(12)9(8)13/h3-5H,14H2,1-2H3. The number of ether oxygens (including phenoxy) is 1. The SMILES string of the molecule is Cc1nn(C)c(Oc2cccc(Cl)c2F)c1N. The van der Waals surface area contributed by atoms with E-state index in [1.807, 2.05) is 0 Å². The van der Waals surface area contributed by atoms with E-state index in [1.54, 1.807) is 20.0 Å². The number of hydrogen-bond acceptors (Lipinski definition) is 3. The lowest BCUT2D eigenvalue weighted by molar-refractivity contribution is 0.405. The van der Waals surface area contributed by atoms with E-state index >= 15 is 0 Å². The van der Waals surface area contributed by atoms with Crippen molar-refractivity contribution in [3.63, 3.8) is 0 Å². The van der Waals surface area contributed by atoms with Gasteiger partial charge in [-0.3, -0.25) is 0 Å². The number of aromatic nitrogens is 2. The summed E-state index contributed by atoms with van der Waals surface area (Å²) in [4.78, 5) is 0. The maximum absolute atomic E-state index is 13.6. The van der Waals surface area contributed by atoms with Crippen LogP contribution in [-0.2, 0) is 7.05 Å². The summed E-state index contributed by atoms with van der Waals surface area (Å²) in [5.41, 5.74) is 6.79. The molecule has 6 heteroatoms. The number of halogens is 2. The summed E-state index contributed by atoms with van der Waals surface area (Å²) in [5.74, 6) is -0.303. The zero-order valence-electron chi connectivity index (χ0n) is 9.37. The second kappa shape index (κ2) is 4.25. The lowest BCUT2D eigenvalue weighted by Gasteiger charge is -2.08. The van der Waals surface area contributed by atoms with E-state index in [9.17, 15) is 4.39 Å². The molecule has 0 unspecified atom stereocenters. The van der Waals surface area contributed by atoms with Crippen LogP contribution in [-0.4, -0.2) is 9.78 Å². The Morgan fingerprint density at radius 2 is 2.18 bits per heavy atom. The average Bonchev–Trinajstić information content (AvgIpc) is 2.51. The smallest absolute Gasteiger partial charge is 0.241 e. The predicted octanol–water partition coefficient (Wildman–Crippen LogP) is 2.90. The molecule has 0 amide bonds. The van der Waals surface area contributed by atoms with Crippen LogP contribution < -0.4 is 10.5 Å². The monoisotopic (exact) mass is 255 g/mol. The average molecular weight is 256 g/mol. The lowest BCUT2D eigenvalue weighted by atomic mass is 10.3. The molecular weight excluding hydrogens is 245 g/mol. The molecule has 1 heterocycles. The Kier molecular flexibility index (Phi) is 2.93. The molecule has 0 saturated heterocycles. The number of aryl methyl sites for hydroxylation is 2. The van der Waals surface area contributed by atoms with E-state index in [2.05, 4.69) is 5.10 Å². The van der Waals surface area contributed by atoms with Crippen molar-refractivity contribution in [3.8, 4) is 11.6 Å². The fraction of sp³-hybridized carbons (Fsp3) is 0.182. The molecule has 0 aliphatic carbocycles. The van der Waals surface area contributed by atoms with Gasteiger partial charge in [-0.1, -0.05) is 17.7 Å². The fourth-order valence-electron chi connectivity index (χ4n) is 1.44. The minimum atomic E-state index is -0.618. The van der Waals surface area contributed by atoms with Crippen LogP contribution >= 0.6 is 11.6 Å². The van der Waals surface area contributed by atoms with Crippen molar-refractivity contribution in [1.29, 1.82) is 0 Å². The molecule has 0 fully saturated rings. The first-order valence-electron chi connectivity index (χ1n) is 4.91. The summed E-state index contributed by atoms with van der Waals surface area (Å²) >= 11 is 5.66. The Bertz CT molecular complexity index is 568. The molecule has 2 rings (SSSR count). The van der Waals surface area contributed by atoms with Crippen LogP contribution in [0.15, 0.2) is 18.2 Å². The van der Waals surface area contributed by atoms with Gasteiger partial charge in [-0.25, -0.2) is 9.07 Å². The van der Waals surface area contributed by atoms with Crippen LogP contribution in [0.4, 0.5) is 10.1 Å². The van der Waals surface area contributed by atoms with Gasteiger partial charge in [0.25, 0.3) is 0 Å². The number of nitrogen functional groups attached to an aromatic ring is 1. The van der Waals surface area contributed by atoms with Crippen molar-refractivity contribution in [3.05, 3.63) is 34.7 Å². The minimum Gasteiger partial charge on any atom is -0.434 e. The topological polar surface area (TPSA) is 53.1 Å². The molecule has 2 aromatic rings. The number of anilines is 1. The fourth-order valence-corrected chi connectivity index (χ4v) is 1.61. The van der Waals surface area contributed by atoms with Crippen LogP contribution in [0.25, 0.3) is 0 Å². The Labute approximate surface area is 103 Å². The first-order valence-corrected chi connectivity index (χ1v) is 5.29. The molecule has 17 heavy (non-hydrogen) atoms. The van der Waals surface area contributed by atoms with Crippen LogP contribution in [0.2, 0.25) is 5.02 Å². The van der Waals surface area contributed by atoms with Crippen LogP contribution in [0.1, 0.15) is 5.69 Å². The van der Waals surface area contributed by atoms with Gasteiger partial charge >= 0.3 is 0 Å². The molecule has 4 nitrogen and oxygen atoms in total. The van der Waals surface area contributed by atoms with Crippen molar-refractivity contribution in [1.82, 2.24) is 9.78 Å². The summed E-state index contributed by atoms with van der Waals surface area (Å²) < 4.78 is 20.5. The highest BCUT2D eigenvalue weighted by Gasteiger charge is 2.15. The zero-order chi connectivity index (χ0) is 12.6. The molecule has 0 aliphatic heterocycles. The first kappa shape index (κ1) is 11.7. The van der Waals surface area contributed by atoms with Crippen LogP contribution in [0.5, 0.6) is 11.6 Å². The zero-order valence-corrected chi connectivity index (χ0v) is 10.1. The molecule has 0 spiro atoms. The third kappa shape index (κ3) is 2.06. The maximum atomic E-state index is 13.6. The molecule has 2 N–H and O–H groups in total. The van der Waals surface area contributed by atoms with E-state index in [4.69, 9.17) is 22.1 Å². The van der Waals surface area contributed by atoms with Gasteiger partial charge in [0.05, 0.1) is 10.7 Å².